The summed E-state index contributed by atoms with van der Waals surface area (Å²) in [6.45, 7) is 5.96. The third-order valence-electron chi connectivity index (χ3n) is 6.09. The second kappa shape index (κ2) is 8.40. The van der Waals surface area contributed by atoms with Crippen LogP contribution in [-0.4, -0.2) is 39.7 Å². The first-order chi connectivity index (χ1) is 14.3. The number of rotatable bonds is 6. The lowest BCUT2D eigenvalue weighted by Crippen LogP contribution is -3.08. The molecule has 2 aliphatic heterocycles. The third-order valence-corrected chi connectivity index (χ3v) is 7.36. The zero-order valence-electron chi connectivity index (χ0n) is 17.6. The molecular weight excluding hydrogens is 398 g/mol. The molecule has 1 fully saturated rings. The van der Waals surface area contributed by atoms with Gasteiger partial charge in [0.05, 0.1) is 25.0 Å². The predicted molar refractivity (Wildman–Crippen MR) is 118 cm³/mol. The molecule has 160 valence electrons. The first kappa shape index (κ1) is 20.9. The van der Waals surface area contributed by atoms with Gasteiger partial charge in [-0.25, -0.2) is 8.42 Å². The molecule has 1 amide bonds. The Kier molecular flexibility index (Phi) is 5.84. The Morgan fingerprint density at radius 1 is 1.10 bits per heavy atom. The summed E-state index contributed by atoms with van der Waals surface area (Å²) >= 11 is 0. The van der Waals surface area contributed by atoms with E-state index in [0.29, 0.717) is 24.2 Å². The van der Waals surface area contributed by atoms with Crippen molar-refractivity contribution in [3.8, 4) is 0 Å². The predicted octanol–water partition coefficient (Wildman–Crippen LogP) is 1.51. The van der Waals surface area contributed by atoms with Gasteiger partial charge in [0.1, 0.15) is 6.54 Å². The van der Waals surface area contributed by atoms with Gasteiger partial charge < -0.3 is 10.2 Å². The molecule has 0 unspecified atom stereocenters. The zero-order valence-corrected chi connectivity index (χ0v) is 18.5. The van der Waals surface area contributed by atoms with E-state index in [9.17, 15) is 13.2 Å². The van der Waals surface area contributed by atoms with E-state index >= 15 is 0 Å². The highest BCUT2D eigenvalue weighted by Gasteiger charge is 2.32. The van der Waals surface area contributed by atoms with E-state index in [1.165, 1.54) is 42.1 Å². The van der Waals surface area contributed by atoms with Crippen LogP contribution in [0.2, 0.25) is 0 Å². The van der Waals surface area contributed by atoms with Gasteiger partial charge in [-0.05, 0) is 42.7 Å². The molecule has 2 heterocycles. The van der Waals surface area contributed by atoms with Crippen molar-refractivity contribution in [1.29, 1.82) is 0 Å². The maximum Gasteiger partial charge on any atom is 0.251 e. The van der Waals surface area contributed by atoms with Crippen LogP contribution in [0.15, 0.2) is 42.5 Å². The molecule has 2 aromatic rings. The number of benzene rings is 2. The Bertz CT molecular complexity index is 1030. The number of hydrogen-bond donors (Lipinski definition) is 2. The number of sulfonamides is 1. The molecule has 7 heteroatoms. The average Bonchev–Trinajstić information content (AvgIpc) is 3.32. The summed E-state index contributed by atoms with van der Waals surface area (Å²) in [4.78, 5) is 14.3. The van der Waals surface area contributed by atoms with Crippen molar-refractivity contribution in [2.75, 3.05) is 23.7 Å². The van der Waals surface area contributed by atoms with Crippen LogP contribution in [0.4, 0.5) is 5.69 Å². The van der Waals surface area contributed by atoms with Crippen LogP contribution < -0.4 is 14.5 Å². The summed E-state index contributed by atoms with van der Waals surface area (Å²) in [5.74, 6) is -0.145. The summed E-state index contributed by atoms with van der Waals surface area (Å²) in [6, 6.07) is 13.6. The van der Waals surface area contributed by atoms with Crippen LogP contribution in [0.5, 0.6) is 0 Å². The van der Waals surface area contributed by atoms with Crippen molar-refractivity contribution in [2.45, 2.75) is 45.3 Å². The van der Waals surface area contributed by atoms with Crippen LogP contribution in [0.25, 0.3) is 0 Å². The molecule has 0 spiro atoms. The highest BCUT2D eigenvalue weighted by molar-refractivity contribution is 7.92. The number of carbonyl (C=O) groups is 1. The van der Waals surface area contributed by atoms with Crippen molar-refractivity contribution in [2.24, 2.45) is 0 Å². The molecule has 2 N–H and O–H groups in total. The summed E-state index contributed by atoms with van der Waals surface area (Å²) in [6.07, 6.45) is 4.49. The van der Waals surface area contributed by atoms with Gasteiger partial charge in [-0.15, -0.1) is 0 Å². The molecule has 0 aromatic heterocycles. The zero-order chi connectivity index (χ0) is 21.3. The minimum Gasteiger partial charge on any atom is -0.348 e. The second-order valence-corrected chi connectivity index (χ2v) is 10.4. The Morgan fingerprint density at radius 3 is 2.43 bits per heavy atom. The van der Waals surface area contributed by atoms with Crippen LogP contribution in [0.1, 0.15) is 46.8 Å². The topological polar surface area (TPSA) is 70.9 Å². The molecular formula is C23H30N3O3S+. The number of quaternary nitrogens is 1. The Morgan fingerprint density at radius 2 is 1.77 bits per heavy atom. The number of nitrogens with zero attached hydrogens (tertiary/aromatic N) is 1. The fraction of sp³-hybridized carbons (Fsp3) is 0.435. The molecule has 0 saturated carbocycles. The van der Waals surface area contributed by atoms with E-state index in [2.05, 4.69) is 29.6 Å². The molecule has 1 atom stereocenters. The summed E-state index contributed by atoms with van der Waals surface area (Å²) in [5.41, 5.74) is 4.55. The van der Waals surface area contributed by atoms with Gasteiger partial charge in [-0.2, -0.15) is 0 Å². The Hall–Kier alpha value is -2.38. The minimum absolute atomic E-state index is 0.130. The SMILES string of the molecule is C[C@@H]1Cc2cc(C(=O)NCc3ccc(C[NH+]4CCCC4)cc3)ccc2N1S(C)(=O)=O. The van der Waals surface area contributed by atoms with E-state index in [0.717, 1.165) is 17.7 Å². The maximum atomic E-state index is 12.6. The standard InChI is InChI=1S/C23H29N3O3S/c1-17-13-21-14-20(9-10-22(21)26(17)30(2,28)29)23(27)24-15-18-5-7-19(8-6-18)16-25-11-3-4-12-25/h5-10,14,17H,3-4,11-13,15-16H2,1-2H3,(H,24,27)/p+1/t17-/m1/s1. The number of fused-ring (bicyclic) bond motifs is 1. The van der Waals surface area contributed by atoms with Crippen LogP contribution in [0, 0.1) is 0 Å². The monoisotopic (exact) mass is 428 g/mol. The van der Waals surface area contributed by atoms with Crippen molar-refractivity contribution >= 4 is 21.6 Å². The lowest BCUT2D eigenvalue weighted by atomic mass is 10.1. The number of anilines is 1. The quantitative estimate of drug-likeness (QED) is 0.733. The number of carbonyl (C=O) groups excluding carboxylic acids is 1. The van der Waals surface area contributed by atoms with Crippen molar-refractivity contribution < 1.29 is 18.1 Å². The highest BCUT2D eigenvalue weighted by Crippen LogP contribution is 2.34. The van der Waals surface area contributed by atoms with Crippen LogP contribution in [-0.2, 0) is 29.5 Å². The van der Waals surface area contributed by atoms with Gasteiger partial charge in [0.15, 0.2) is 0 Å². The fourth-order valence-electron chi connectivity index (χ4n) is 4.65. The molecule has 1 saturated heterocycles. The first-order valence-electron chi connectivity index (χ1n) is 10.6. The molecule has 30 heavy (non-hydrogen) atoms. The van der Waals surface area contributed by atoms with Crippen molar-refractivity contribution in [3.63, 3.8) is 0 Å². The number of nitrogens with one attached hydrogen (secondary N) is 2. The lowest BCUT2D eigenvalue weighted by molar-refractivity contribution is -0.901. The highest BCUT2D eigenvalue weighted by atomic mass is 32.2. The molecule has 4 rings (SSSR count). The smallest absolute Gasteiger partial charge is 0.251 e. The Balaban J connectivity index is 1.37. The molecule has 6 nitrogen and oxygen atoms in total. The maximum absolute atomic E-state index is 12.6. The molecule has 2 aromatic carbocycles. The van der Waals surface area contributed by atoms with E-state index in [1.54, 1.807) is 17.0 Å². The van der Waals surface area contributed by atoms with Gasteiger partial charge in [0.2, 0.25) is 10.0 Å². The largest absolute Gasteiger partial charge is 0.348 e. The first-order valence-corrected chi connectivity index (χ1v) is 12.5. The van der Waals surface area contributed by atoms with Crippen molar-refractivity contribution in [1.82, 2.24) is 5.32 Å². The van der Waals surface area contributed by atoms with E-state index in [1.807, 2.05) is 13.0 Å². The van der Waals surface area contributed by atoms with Crippen LogP contribution >= 0.6 is 0 Å². The van der Waals surface area contributed by atoms with Gasteiger partial charge in [-0.1, -0.05) is 24.3 Å². The Labute approximate surface area is 178 Å². The van der Waals surface area contributed by atoms with E-state index < -0.39 is 10.0 Å². The van der Waals surface area contributed by atoms with Crippen LogP contribution in [0.3, 0.4) is 0 Å². The molecule has 2 aliphatic rings. The van der Waals surface area contributed by atoms with E-state index in [4.69, 9.17) is 0 Å². The van der Waals surface area contributed by atoms with Gasteiger partial charge in [0, 0.05) is 36.6 Å². The fourth-order valence-corrected chi connectivity index (χ4v) is 5.91. The normalized spacial score (nSPS) is 19.1. The second-order valence-electron chi connectivity index (χ2n) is 8.59. The molecule has 0 bridgehead atoms. The molecule has 0 aliphatic carbocycles. The molecule has 0 radical (unpaired) electrons. The van der Waals surface area contributed by atoms with Gasteiger partial charge in [-0.3, -0.25) is 9.10 Å². The number of amides is 1. The lowest BCUT2D eigenvalue weighted by Gasteiger charge is -2.21. The summed E-state index contributed by atoms with van der Waals surface area (Å²) < 4.78 is 25.5. The number of likely N-dealkylation sites (tertiary alicyclic amines) is 1. The minimum atomic E-state index is -3.32. The van der Waals surface area contributed by atoms with Gasteiger partial charge >= 0.3 is 0 Å². The summed E-state index contributed by atoms with van der Waals surface area (Å²) in [5, 5.41) is 2.98. The third kappa shape index (κ3) is 4.52. The summed E-state index contributed by atoms with van der Waals surface area (Å²) in [7, 11) is -3.32. The van der Waals surface area contributed by atoms with E-state index in [-0.39, 0.29) is 11.9 Å². The average molecular weight is 429 g/mol. The number of hydrogen-bond acceptors (Lipinski definition) is 3. The van der Waals surface area contributed by atoms with Gasteiger partial charge in [0.25, 0.3) is 5.91 Å². The van der Waals surface area contributed by atoms with Crippen molar-refractivity contribution in [3.05, 3.63) is 64.7 Å².